The van der Waals surface area contributed by atoms with E-state index >= 15 is 0 Å². The number of pyridine rings is 1. The number of rotatable bonds is 5. The van der Waals surface area contributed by atoms with E-state index in [0.29, 0.717) is 17.4 Å². The Balaban J connectivity index is 1.52. The monoisotopic (exact) mass is 362 g/mol. The Morgan fingerprint density at radius 1 is 0.923 bits per heavy atom. The lowest BCUT2D eigenvalue weighted by molar-refractivity contribution is 0.301. The van der Waals surface area contributed by atoms with Crippen LogP contribution in [0.2, 0.25) is 5.02 Å². The molecular weight excluding hydrogens is 348 g/mol. The number of hydrogen-bond donors (Lipinski definition) is 1. The fraction of sp³-hybridized carbons (Fsp3) is 0.0500. The summed E-state index contributed by atoms with van der Waals surface area (Å²) in [5.74, 6) is 1.34. The van der Waals surface area contributed by atoms with E-state index in [2.05, 4.69) is 20.3 Å². The minimum atomic E-state index is 0.365. The van der Waals surface area contributed by atoms with Gasteiger partial charge in [-0.1, -0.05) is 29.8 Å². The summed E-state index contributed by atoms with van der Waals surface area (Å²) in [5.41, 5.74) is 2.55. The summed E-state index contributed by atoms with van der Waals surface area (Å²) in [4.78, 5) is 12.8. The highest BCUT2D eigenvalue weighted by atomic mass is 35.5. The predicted molar refractivity (Wildman–Crippen MR) is 103 cm³/mol. The van der Waals surface area contributed by atoms with Crippen molar-refractivity contribution in [3.63, 3.8) is 0 Å². The van der Waals surface area contributed by atoms with Crippen molar-refractivity contribution < 1.29 is 4.74 Å². The van der Waals surface area contributed by atoms with Crippen LogP contribution in [-0.4, -0.2) is 15.0 Å². The molecule has 0 bridgehead atoms. The number of para-hydroxylation sites is 1. The van der Waals surface area contributed by atoms with Crippen molar-refractivity contribution in [2.45, 2.75) is 6.61 Å². The van der Waals surface area contributed by atoms with Gasteiger partial charge >= 0.3 is 0 Å². The van der Waals surface area contributed by atoms with Crippen molar-refractivity contribution in [2.24, 2.45) is 0 Å². The highest BCUT2D eigenvalue weighted by Crippen LogP contribution is 2.30. The van der Waals surface area contributed by atoms with Gasteiger partial charge in [0.1, 0.15) is 24.5 Å². The Morgan fingerprint density at radius 3 is 2.65 bits per heavy atom. The number of nitrogens with one attached hydrogen (secondary N) is 1. The maximum Gasteiger partial charge on any atom is 0.141 e. The molecule has 5 nitrogen and oxygen atoms in total. The summed E-state index contributed by atoms with van der Waals surface area (Å²) in [5, 5.41) is 4.75. The average Bonchev–Trinajstić information content (AvgIpc) is 2.68. The minimum absolute atomic E-state index is 0.365. The minimum Gasteiger partial charge on any atom is -0.486 e. The Morgan fingerprint density at radius 2 is 1.81 bits per heavy atom. The molecule has 2 heterocycles. The predicted octanol–water partition coefficient (Wildman–Crippen LogP) is 5.00. The Kier molecular flexibility index (Phi) is 4.62. The smallest absolute Gasteiger partial charge is 0.141 e. The fourth-order valence-electron chi connectivity index (χ4n) is 2.57. The second kappa shape index (κ2) is 7.37. The molecule has 1 N–H and O–H groups in total. The van der Waals surface area contributed by atoms with Crippen LogP contribution in [0.15, 0.2) is 73.2 Å². The molecule has 0 aliphatic rings. The maximum atomic E-state index is 6.36. The molecule has 2 aromatic heterocycles. The zero-order chi connectivity index (χ0) is 17.8. The summed E-state index contributed by atoms with van der Waals surface area (Å²) in [6.07, 6.45) is 3.27. The molecule has 0 saturated carbocycles. The van der Waals surface area contributed by atoms with E-state index in [-0.39, 0.29) is 0 Å². The molecular formula is C20H15ClN4O. The summed E-state index contributed by atoms with van der Waals surface area (Å²) in [7, 11) is 0. The van der Waals surface area contributed by atoms with Gasteiger partial charge in [-0.25, -0.2) is 9.97 Å². The Hall–Kier alpha value is -3.18. The molecule has 0 spiro atoms. The van der Waals surface area contributed by atoms with E-state index in [1.807, 2.05) is 60.7 Å². The number of anilines is 2. The number of halogens is 1. The van der Waals surface area contributed by atoms with Gasteiger partial charge in [0.05, 0.1) is 16.2 Å². The normalized spacial score (nSPS) is 10.7. The van der Waals surface area contributed by atoms with Crippen LogP contribution in [0.4, 0.5) is 11.5 Å². The van der Waals surface area contributed by atoms with Crippen LogP contribution in [0.3, 0.4) is 0 Å². The topological polar surface area (TPSA) is 59.9 Å². The summed E-state index contributed by atoms with van der Waals surface area (Å²) < 4.78 is 5.75. The van der Waals surface area contributed by atoms with E-state index in [0.717, 1.165) is 28.1 Å². The lowest BCUT2D eigenvalue weighted by Crippen LogP contribution is -1.99. The SMILES string of the molecule is Clc1cc(Nc2ncnc3ccccc23)ccc1OCc1ccccn1. The summed E-state index contributed by atoms with van der Waals surface area (Å²) in [6, 6.07) is 19.1. The van der Waals surface area contributed by atoms with E-state index in [4.69, 9.17) is 16.3 Å². The summed E-state index contributed by atoms with van der Waals surface area (Å²) in [6.45, 7) is 0.365. The third-order valence-electron chi connectivity index (χ3n) is 3.84. The Labute approximate surface area is 155 Å². The van der Waals surface area contributed by atoms with Gasteiger partial charge in [0, 0.05) is 17.3 Å². The van der Waals surface area contributed by atoms with Crippen LogP contribution in [0, 0.1) is 0 Å². The van der Waals surface area contributed by atoms with Crippen molar-refractivity contribution in [1.29, 1.82) is 0 Å². The van der Waals surface area contributed by atoms with Crippen LogP contribution < -0.4 is 10.1 Å². The highest BCUT2D eigenvalue weighted by molar-refractivity contribution is 6.32. The summed E-state index contributed by atoms with van der Waals surface area (Å²) >= 11 is 6.36. The molecule has 4 aromatic rings. The van der Waals surface area contributed by atoms with Crippen molar-refractivity contribution in [3.8, 4) is 5.75 Å². The maximum absolute atomic E-state index is 6.36. The molecule has 0 amide bonds. The van der Waals surface area contributed by atoms with Gasteiger partial charge in [0.25, 0.3) is 0 Å². The second-order valence-corrected chi connectivity index (χ2v) is 6.03. The van der Waals surface area contributed by atoms with E-state index < -0.39 is 0 Å². The first-order valence-corrected chi connectivity index (χ1v) is 8.46. The van der Waals surface area contributed by atoms with Crippen molar-refractivity contribution in [3.05, 3.63) is 83.9 Å². The quantitative estimate of drug-likeness (QED) is 0.541. The first-order valence-electron chi connectivity index (χ1n) is 8.08. The molecule has 128 valence electrons. The van der Waals surface area contributed by atoms with Crippen LogP contribution in [0.25, 0.3) is 10.9 Å². The van der Waals surface area contributed by atoms with E-state index in [1.165, 1.54) is 6.33 Å². The highest BCUT2D eigenvalue weighted by Gasteiger charge is 2.07. The lowest BCUT2D eigenvalue weighted by atomic mass is 10.2. The first-order chi connectivity index (χ1) is 12.8. The molecule has 6 heteroatoms. The number of benzene rings is 2. The average molecular weight is 363 g/mol. The molecule has 0 saturated heterocycles. The standard InChI is InChI=1S/C20H15ClN4O/c21-17-11-14(8-9-19(17)26-12-15-5-3-4-10-22-15)25-20-16-6-1-2-7-18(16)23-13-24-20/h1-11,13H,12H2,(H,23,24,25). The number of nitrogens with zero attached hydrogens (tertiary/aromatic N) is 3. The third kappa shape index (κ3) is 3.58. The van der Waals surface area contributed by atoms with Gasteiger partial charge in [-0.2, -0.15) is 0 Å². The molecule has 0 radical (unpaired) electrons. The van der Waals surface area contributed by atoms with Gasteiger partial charge in [-0.05, 0) is 42.5 Å². The van der Waals surface area contributed by atoms with E-state index in [9.17, 15) is 0 Å². The molecule has 26 heavy (non-hydrogen) atoms. The van der Waals surface area contributed by atoms with Crippen LogP contribution in [0.5, 0.6) is 5.75 Å². The molecule has 0 aliphatic carbocycles. The van der Waals surface area contributed by atoms with Gasteiger partial charge in [0.15, 0.2) is 0 Å². The van der Waals surface area contributed by atoms with Crippen molar-refractivity contribution in [2.75, 3.05) is 5.32 Å². The largest absolute Gasteiger partial charge is 0.486 e. The number of aromatic nitrogens is 3. The zero-order valence-corrected chi connectivity index (χ0v) is 14.5. The van der Waals surface area contributed by atoms with Crippen molar-refractivity contribution >= 4 is 34.0 Å². The molecule has 4 rings (SSSR count). The molecule has 0 fully saturated rings. The van der Waals surface area contributed by atoms with Crippen LogP contribution in [-0.2, 0) is 6.61 Å². The number of ether oxygens (including phenoxy) is 1. The molecule has 0 aliphatic heterocycles. The Bertz CT molecular complexity index is 1030. The molecule has 2 aromatic carbocycles. The zero-order valence-electron chi connectivity index (χ0n) is 13.8. The second-order valence-electron chi connectivity index (χ2n) is 5.62. The van der Waals surface area contributed by atoms with Gasteiger partial charge in [-0.3, -0.25) is 4.98 Å². The number of fused-ring (bicyclic) bond motifs is 1. The third-order valence-corrected chi connectivity index (χ3v) is 4.13. The molecule has 0 atom stereocenters. The first kappa shape index (κ1) is 16.3. The van der Waals surface area contributed by atoms with Gasteiger partial charge in [-0.15, -0.1) is 0 Å². The van der Waals surface area contributed by atoms with Gasteiger partial charge < -0.3 is 10.1 Å². The van der Waals surface area contributed by atoms with Crippen molar-refractivity contribution in [1.82, 2.24) is 15.0 Å². The number of hydrogen-bond acceptors (Lipinski definition) is 5. The van der Waals surface area contributed by atoms with Gasteiger partial charge in [0.2, 0.25) is 0 Å². The van der Waals surface area contributed by atoms with Crippen LogP contribution in [0.1, 0.15) is 5.69 Å². The lowest BCUT2D eigenvalue weighted by Gasteiger charge is -2.11. The van der Waals surface area contributed by atoms with Crippen LogP contribution >= 0.6 is 11.6 Å². The molecule has 0 unspecified atom stereocenters. The van der Waals surface area contributed by atoms with E-state index in [1.54, 1.807) is 6.20 Å². The fourth-order valence-corrected chi connectivity index (χ4v) is 2.81.